The molecule has 1 saturated heterocycles. The summed E-state index contributed by atoms with van der Waals surface area (Å²) >= 11 is 0. The molecule has 1 rings (SSSR count). The van der Waals surface area contributed by atoms with Crippen LogP contribution in [0.25, 0.3) is 0 Å². The highest BCUT2D eigenvalue weighted by Crippen LogP contribution is 2.27. The van der Waals surface area contributed by atoms with Crippen molar-refractivity contribution in [3.8, 4) is 0 Å². The summed E-state index contributed by atoms with van der Waals surface area (Å²) in [6.45, 7) is 4.27. The minimum Gasteiger partial charge on any atom is -0.270 e. The highest BCUT2D eigenvalue weighted by atomic mass is 32.2. The van der Waals surface area contributed by atoms with Gasteiger partial charge in [-0.1, -0.05) is 13.8 Å². The Morgan fingerprint density at radius 3 is 2.64 bits per heavy atom. The van der Waals surface area contributed by atoms with Gasteiger partial charge in [-0.05, 0) is 18.3 Å². The smallest absolute Gasteiger partial charge is 0.267 e. The van der Waals surface area contributed by atoms with Crippen molar-refractivity contribution >= 4 is 10.1 Å². The van der Waals surface area contributed by atoms with Gasteiger partial charge in [0.25, 0.3) is 10.1 Å². The second kappa shape index (κ2) is 2.75. The van der Waals surface area contributed by atoms with Crippen LogP contribution in [0.3, 0.4) is 0 Å². The maximum absolute atomic E-state index is 11.1. The van der Waals surface area contributed by atoms with Gasteiger partial charge in [-0.25, -0.2) is 0 Å². The first-order valence-electron chi connectivity index (χ1n) is 3.78. The summed E-state index contributed by atoms with van der Waals surface area (Å²) in [7, 11) is -3.23. The van der Waals surface area contributed by atoms with Crippen molar-refractivity contribution in [1.29, 1.82) is 0 Å². The van der Waals surface area contributed by atoms with Gasteiger partial charge in [-0.3, -0.25) is 4.18 Å². The lowest BCUT2D eigenvalue weighted by atomic mass is 9.90. The number of hydrogen-bond donors (Lipinski definition) is 0. The van der Waals surface area contributed by atoms with E-state index in [2.05, 4.69) is 0 Å². The van der Waals surface area contributed by atoms with Crippen LogP contribution < -0.4 is 0 Å². The highest BCUT2D eigenvalue weighted by molar-refractivity contribution is 7.86. The lowest BCUT2D eigenvalue weighted by Gasteiger charge is -2.19. The zero-order valence-corrected chi connectivity index (χ0v) is 7.78. The van der Waals surface area contributed by atoms with Crippen LogP contribution in [0.15, 0.2) is 0 Å². The Balaban J connectivity index is 2.78. The maximum atomic E-state index is 11.1. The molecule has 66 valence electrons. The van der Waals surface area contributed by atoms with Crippen LogP contribution in [-0.2, 0) is 14.3 Å². The zero-order valence-electron chi connectivity index (χ0n) is 6.96. The van der Waals surface area contributed by atoms with Gasteiger partial charge in [0.1, 0.15) is 0 Å². The molecule has 4 heteroatoms. The third kappa shape index (κ3) is 2.79. The van der Waals surface area contributed by atoms with Crippen molar-refractivity contribution in [3.05, 3.63) is 0 Å². The molecule has 0 amide bonds. The molecule has 0 saturated carbocycles. The SMILES string of the molecule is CC1(C)CCCOS(=O)(=O)C1. The summed E-state index contributed by atoms with van der Waals surface area (Å²) < 4.78 is 26.8. The van der Waals surface area contributed by atoms with Crippen LogP contribution in [0.2, 0.25) is 0 Å². The van der Waals surface area contributed by atoms with Gasteiger partial charge in [0.2, 0.25) is 0 Å². The number of hydrogen-bond acceptors (Lipinski definition) is 3. The van der Waals surface area contributed by atoms with Gasteiger partial charge < -0.3 is 0 Å². The Bertz CT molecular complexity index is 228. The molecule has 0 atom stereocenters. The van der Waals surface area contributed by atoms with Crippen LogP contribution in [-0.4, -0.2) is 20.8 Å². The van der Waals surface area contributed by atoms with E-state index in [-0.39, 0.29) is 11.2 Å². The average Bonchev–Trinajstić information content (AvgIpc) is 1.86. The second-order valence-electron chi connectivity index (χ2n) is 3.79. The normalized spacial score (nSPS) is 29.3. The van der Waals surface area contributed by atoms with Gasteiger partial charge >= 0.3 is 0 Å². The van der Waals surface area contributed by atoms with Gasteiger partial charge in [0.15, 0.2) is 0 Å². The molecule has 11 heavy (non-hydrogen) atoms. The molecular weight excluding hydrogens is 164 g/mol. The molecule has 0 aliphatic carbocycles. The molecule has 1 aliphatic rings. The molecule has 1 fully saturated rings. The van der Waals surface area contributed by atoms with Crippen LogP contribution in [0.1, 0.15) is 26.7 Å². The third-order valence-electron chi connectivity index (χ3n) is 1.83. The summed E-state index contributed by atoms with van der Waals surface area (Å²) in [6, 6.07) is 0. The third-order valence-corrected chi connectivity index (χ3v) is 3.49. The molecule has 0 unspecified atom stereocenters. The Morgan fingerprint density at radius 2 is 2.00 bits per heavy atom. The van der Waals surface area contributed by atoms with E-state index < -0.39 is 10.1 Å². The Morgan fingerprint density at radius 1 is 1.36 bits per heavy atom. The van der Waals surface area contributed by atoms with Crippen molar-refractivity contribution in [2.75, 3.05) is 12.4 Å². The second-order valence-corrected chi connectivity index (χ2v) is 5.43. The molecule has 0 aromatic rings. The highest BCUT2D eigenvalue weighted by Gasteiger charge is 2.29. The largest absolute Gasteiger partial charge is 0.270 e. The zero-order chi connectivity index (χ0) is 8.54. The Labute approximate surface area is 67.9 Å². The molecule has 0 radical (unpaired) electrons. The molecule has 0 spiro atoms. The monoisotopic (exact) mass is 178 g/mol. The molecule has 0 aromatic carbocycles. The van der Waals surface area contributed by atoms with Crippen LogP contribution >= 0.6 is 0 Å². The molecule has 0 N–H and O–H groups in total. The fraction of sp³-hybridized carbons (Fsp3) is 1.00. The molecule has 0 aromatic heterocycles. The molecule has 3 nitrogen and oxygen atoms in total. The predicted molar refractivity (Wildman–Crippen MR) is 42.8 cm³/mol. The van der Waals surface area contributed by atoms with E-state index in [0.29, 0.717) is 6.61 Å². The first kappa shape index (κ1) is 9.00. The van der Waals surface area contributed by atoms with Crippen molar-refractivity contribution in [2.45, 2.75) is 26.7 Å². The van der Waals surface area contributed by atoms with Gasteiger partial charge in [-0.2, -0.15) is 8.42 Å². The van der Waals surface area contributed by atoms with E-state index in [4.69, 9.17) is 4.18 Å². The van der Waals surface area contributed by atoms with Gasteiger partial charge in [-0.15, -0.1) is 0 Å². The molecule has 1 aliphatic heterocycles. The summed E-state index contributed by atoms with van der Waals surface area (Å²) in [6.07, 6.45) is 1.76. The maximum Gasteiger partial charge on any atom is 0.267 e. The first-order valence-corrected chi connectivity index (χ1v) is 5.36. The van der Waals surface area contributed by atoms with E-state index in [1.807, 2.05) is 13.8 Å². The van der Waals surface area contributed by atoms with E-state index in [9.17, 15) is 8.42 Å². The van der Waals surface area contributed by atoms with E-state index >= 15 is 0 Å². The van der Waals surface area contributed by atoms with E-state index in [1.54, 1.807) is 0 Å². The molecular formula is C7H14O3S. The van der Waals surface area contributed by atoms with Gasteiger partial charge in [0, 0.05) is 0 Å². The van der Waals surface area contributed by atoms with Crippen molar-refractivity contribution in [1.82, 2.24) is 0 Å². The average molecular weight is 178 g/mol. The predicted octanol–water partition coefficient (Wildman–Crippen LogP) is 1.15. The topological polar surface area (TPSA) is 43.4 Å². The Hall–Kier alpha value is -0.0900. The summed E-state index contributed by atoms with van der Waals surface area (Å²) in [5.41, 5.74) is -0.116. The summed E-state index contributed by atoms with van der Waals surface area (Å²) in [4.78, 5) is 0. The van der Waals surface area contributed by atoms with Crippen molar-refractivity contribution in [2.24, 2.45) is 5.41 Å². The number of rotatable bonds is 0. The molecule has 1 heterocycles. The van der Waals surface area contributed by atoms with Crippen molar-refractivity contribution < 1.29 is 12.6 Å². The first-order chi connectivity index (χ1) is 4.91. The Kier molecular flexibility index (Phi) is 2.25. The summed E-state index contributed by atoms with van der Waals surface area (Å²) in [5.74, 6) is 0.153. The lowest BCUT2D eigenvalue weighted by Crippen LogP contribution is -2.22. The minimum atomic E-state index is -3.23. The van der Waals surface area contributed by atoms with Crippen LogP contribution in [0.4, 0.5) is 0 Å². The fourth-order valence-corrected chi connectivity index (χ4v) is 2.89. The van der Waals surface area contributed by atoms with E-state index in [1.165, 1.54) is 0 Å². The fourth-order valence-electron chi connectivity index (χ4n) is 1.33. The minimum absolute atomic E-state index is 0.116. The van der Waals surface area contributed by atoms with Crippen molar-refractivity contribution in [3.63, 3.8) is 0 Å². The lowest BCUT2D eigenvalue weighted by molar-refractivity contribution is 0.311. The van der Waals surface area contributed by atoms with E-state index in [0.717, 1.165) is 12.8 Å². The summed E-state index contributed by atoms with van der Waals surface area (Å²) in [5, 5.41) is 0. The molecule has 0 bridgehead atoms. The van der Waals surface area contributed by atoms with Crippen LogP contribution in [0.5, 0.6) is 0 Å². The van der Waals surface area contributed by atoms with Gasteiger partial charge in [0.05, 0.1) is 12.4 Å². The van der Waals surface area contributed by atoms with Crippen LogP contribution in [0, 0.1) is 5.41 Å². The quantitative estimate of drug-likeness (QED) is 0.523. The standard InChI is InChI=1S/C7H14O3S/c1-7(2)4-3-5-10-11(8,9)6-7/h3-6H2,1-2H3.